The highest BCUT2D eigenvalue weighted by molar-refractivity contribution is 7.90. The Labute approximate surface area is 121 Å². The molecule has 1 saturated heterocycles. The fraction of sp³-hybridized carbons (Fsp3) is 0.786. The van der Waals surface area contributed by atoms with Gasteiger partial charge in [-0.1, -0.05) is 0 Å². The molecule has 6 heteroatoms. The molecule has 2 heterocycles. The summed E-state index contributed by atoms with van der Waals surface area (Å²) in [6.45, 7) is 6.97. The van der Waals surface area contributed by atoms with E-state index in [-0.39, 0.29) is 5.75 Å². The van der Waals surface area contributed by atoms with E-state index in [9.17, 15) is 8.42 Å². The molecule has 0 saturated carbocycles. The fourth-order valence-electron chi connectivity index (χ4n) is 2.99. The Morgan fingerprint density at radius 2 is 2.15 bits per heavy atom. The Morgan fingerprint density at radius 1 is 1.40 bits per heavy atom. The maximum atomic E-state index is 11.2. The molecule has 0 aliphatic carbocycles. The van der Waals surface area contributed by atoms with E-state index in [1.165, 1.54) is 24.8 Å². The Bertz CT molecular complexity index is 551. The van der Waals surface area contributed by atoms with E-state index < -0.39 is 9.84 Å². The van der Waals surface area contributed by atoms with Crippen LogP contribution in [-0.4, -0.2) is 54.2 Å². The van der Waals surface area contributed by atoms with Crippen LogP contribution in [0, 0.1) is 13.8 Å². The highest BCUT2D eigenvalue weighted by Gasteiger charge is 2.25. The van der Waals surface area contributed by atoms with Gasteiger partial charge in [0.2, 0.25) is 0 Å². The normalized spacial score (nSPS) is 20.6. The third-order valence-electron chi connectivity index (χ3n) is 3.95. The van der Waals surface area contributed by atoms with Gasteiger partial charge in [0.1, 0.15) is 9.84 Å². The summed E-state index contributed by atoms with van der Waals surface area (Å²) in [7, 11) is -2.84. The molecule has 0 unspecified atom stereocenters. The van der Waals surface area contributed by atoms with Crippen LogP contribution in [0.1, 0.15) is 30.7 Å². The molecule has 1 aromatic heterocycles. The molecule has 114 valence electrons. The third-order valence-corrected chi connectivity index (χ3v) is 4.98. The maximum Gasteiger partial charge on any atom is 0.147 e. The molecule has 1 fully saturated rings. The molecule has 2 rings (SSSR count). The zero-order valence-electron chi connectivity index (χ0n) is 12.7. The Hall–Kier alpha value is -0.880. The van der Waals surface area contributed by atoms with Crippen molar-refractivity contribution in [1.82, 2.24) is 14.7 Å². The quantitative estimate of drug-likeness (QED) is 0.797. The van der Waals surface area contributed by atoms with Crippen molar-refractivity contribution >= 4 is 9.84 Å². The lowest BCUT2D eigenvalue weighted by Gasteiger charge is -2.24. The summed E-state index contributed by atoms with van der Waals surface area (Å²) in [6.07, 6.45) is 4.41. The minimum absolute atomic E-state index is 0.288. The monoisotopic (exact) mass is 299 g/mol. The van der Waals surface area contributed by atoms with Gasteiger partial charge in [-0.2, -0.15) is 5.10 Å². The predicted molar refractivity (Wildman–Crippen MR) is 80.6 cm³/mol. The fourth-order valence-corrected chi connectivity index (χ4v) is 3.64. The van der Waals surface area contributed by atoms with Crippen molar-refractivity contribution in [2.75, 3.05) is 25.1 Å². The summed E-state index contributed by atoms with van der Waals surface area (Å²) in [5.74, 6) is 0.288. The van der Waals surface area contributed by atoms with Crippen molar-refractivity contribution in [1.29, 1.82) is 0 Å². The van der Waals surface area contributed by atoms with Crippen molar-refractivity contribution in [3.63, 3.8) is 0 Å². The smallest absolute Gasteiger partial charge is 0.147 e. The first-order chi connectivity index (χ1) is 9.35. The zero-order valence-corrected chi connectivity index (χ0v) is 13.5. The largest absolute Gasteiger partial charge is 0.299 e. The van der Waals surface area contributed by atoms with Gasteiger partial charge in [0.15, 0.2) is 0 Å². The van der Waals surface area contributed by atoms with Gasteiger partial charge >= 0.3 is 0 Å². The highest BCUT2D eigenvalue weighted by Crippen LogP contribution is 2.19. The number of aromatic nitrogens is 2. The van der Waals surface area contributed by atoms with E-state index in [0.29, 0.717) is 6.04 Å². The molecule has 1 atom stereocenters. The molecule has 0 N–H and O–H groups in total. The molecule has 0 bridgehead atoms. The number of sulfone groups is 1. The highest BCUT2D eigenvalue weighted by atomic mass is 32.2. The molecule has 0 aromatic carbocycles. The second-order valence-electron chi connectivity index (χ2n) is 5.92. The van der Waals surface area contributed by atoms with Crippen LogP contribution >= 0.6 is 0 Å². The number of hydrogen-bond acceptors (Lipinski definition) is 4. The number of hydrogen-bond donors (Lipinski definition) is 0. The second kappa shape index (κ2) is 6.26. The van der Waals surface area contributed by atoms with Gasteiger partial charge in [-0.3, -0.25) is 9.58 Å². The predicted octanol–water partition coefficient (Wildman–Crippen LogP) is 1.40. The molecule has 0 amide bonds. The van der Waals surface area contributed by atoms with Gasteiger partial charge in [0.25, 0.3) is 0 Å². The van der Waals surface area contributed by atoms with Gasteiger partial charge in [0, 0.05) is 18.0 Å². The summed E-state index contributed by atoms with van der Waals surface area (Å²) in [5, 5.41) is 4.52. The SMILES string of the molecule is Cc1cc(C)n(C[C@@H]2CCCN2CCCS(C)(=O)=O)n1. The van der Waals surface area contributed by atoms with Crippen molar-refractivity contribution in [3.05, 3.63) is 17.5 Å². The summed E-state index contributed by atoms with van der Waals surface area (Å²) in [6, 6.07) is 2.59. The number of aryl methyl sites for hydroxylation is 2. The van der Waals surface area contributed by atoms with Crippen LogP contribution in [0.25, 0.3) is 0 Å². The van der Waals surface area contributed by atoms with Gasteiger partial charge in [0.05, 0.1) is 18.0 Å². The van der Waals surface area contributed by atoms with E-state index in [0.717, 1.165) is 31.7 Å². The van der Waals surface area contributed by atoms with E-state index >= 15 is 0 Å². The van der Waals surface area contributed by atoms with Crippen molar-refractivity contribution in [3.8, 4) is 0 Å². The van der Waals surface area contributed by atoms with Crippen LogP contribution in [0.3, 0.4) is 0 Å². The van der Waals surface area contributed by atoms with Crippen LogP contribution in [0.5, 0.6) is 0 Å². The average Bonchev–Trinajstić information content (AvgIpc) is 2.86. The van der Waals surface area contributed by atoms with Crippen LogP contribution < -0.4 is 0 Å². The lowest BCUT2D eigenvalue weighted by molar-refractivity contribution is 0.226. The Morgan fingerprint density at radius 3 is 2.75 bits per heavy atom. The molecule has 0 radical (unpaired) electrons. The lowest BCUT2D eigenvalue weighted by Crippen LogP contribution is -2.35. The molecule has 5 nitrogen and oxygen atoms in total. The zero-order chi connectivity index (χ0) is 14.8. The summed E-state index contributed by atoms with van der Waals surface area (Å²) in [4.78, 5) is 2.42. The molecule has 20 heavy (non-hydrogen) atoms. The third kappa shape index (κ3) is 4.31. The standard InChI is InChI=1S/C14H25N3O2S/c1-12-10-13(2)17(15-12)11-14-6-4-7-16(14)8-5-9-20(3,18)19/h10,14H,4-9,11H2,1-3H3/t14-/m0/s1. The van der Waals surface area contributed by atoms with Crippen LogP contribution in [0.15, 0.2) is 6.07 Å². The topological polar surface area (TPSA) is 55.2 Å². The first-order valence-corrected chi connectivity index (χ1v) is 9.34. The minimum Gasteiger partial charge on any atom is -0.299 e. The van der Waals surface area contributed by atoms with Gasteiger partial charge in [-0.05, 0) is 52.3 Å². The van der Waals surface area contributed by atoms with E-state index in [1.807, 2.05) is 6.92 Å². The molecule has 0 spiro atoms. The van der Waals surface area contributed by atoms with Crippen LogP contribution in [0.2, 0.25) is 0 Å². The second-order valence-corrected chi connectivity index (χ2v) is 8.18. The van der Waals surface area contributed by atoms with Gasteiger partial charge in [-0.25, -0.2) is 8.42 Å². The van der Waals surface area contributed by atoms with Crippen molar-refractivity contribution in [2.45, 2.75) is 45.7 Å². The lowest BCUT2D eigenvalue weighted by atomic mass is 10.2. The maximum absolute atomic E-state index is 11.2. The van der Waals surface area contributed by atoms with Crippen LogP contribution in [-0.2, 0) is 16.4 Å². The van der Waals surface area contributed by atoms with Crippen molar-refractivity contribution < 1.29 is 8.42 Å². The Kier molecular flexibility index (Phi) is 4.86. The molecule has 1 aliphatic heterocycles. The van der Waals surface area contributed by atoms with Crippen molar-refractivity contribution in [2.24, 2.45) is 0 Å². The van der Waals surface area contributed by atoms with Crippen LogP contribution in [0.4, 0.5) is 0 Å². The molecule has 1 aliphatic rings. The number of rotatable bonds is 6. The van der Waals surface area contributed by atoms with E-state index in [4.69, 9.17) is 0 Å². The molecular weight excluding hydrogens is 274 g/mol. The Balaban J connectivity index is 1.89. The van der Waals surface area contributed by atoms with Gasteiger partial charge < -0.3 is 0 Å². The molecular formula is C14H25N3O2S. The number of nitrogens with zero attached hydrogens (tertiary/aromatic N) is 3. The van der Waals surface area contributed by atoms with E-state index in [1.54, 1.807) is 0 Å². The first-order valence-electron chi connectivity index (χ1n) is 7.28. The average molecular weight is 299 g/mol. The minimum atomic E-state index is -2.84. The molecule has 1 aromatic rings. The number of likely N-dealkylation sites (tertiary alicyclic amines) is 1. The summed E-state index contributed by atoms with van der Waals surface area (Å²) >= 11 is 0. The van der Waals surface area contributed by atoms with E-state index in [2.05, 4.69) is 27.7 Å². The summed E-state index contributed by atoms with van der Waals surface area (Å²) in [5.41, 5.74) is 2.26. The first kappa shape index (κ1) is 15.5. The van der Waals surface area contributed by atoms with Gasteiger partial charge in [-0.15, -0.1) is 0 Å². The summed E-state index contributed by atoms with van der Waals surface area (Å²) < 4.78 is 24.5.